The Kier molecular flexibility index (Phi) is 9.93. The second-order valence-corrected chi connectivity index (χ2v) is 11.0. The smallest absolute Gasteiger partial charge is 0.255 e. The molecule has 2 heterocycles. The Balaban J connectivity index is 1.40. The van der Waals surface area contributed by atoms with Crippen LogP contribution >= 0.6 is 0 Å². The number of likely N-dealkylation sites (tertiary alicyclic amines) is 1. The molecule has 40 heavy (non-hydrogen) atoms. The van der Waals surface area contributed by atoms with Crippen LogP contribution in [0.3, 0.4) is 0 Å². The number of nitrogens with one attached hydrogen (secondary N) is 3. The van der Waals surface area contributed by atoms with E-state index in [0.29, 0.717) is 55.8 Å². The number of fused-ring (bicyclic) bond motifs is 1. The first kappa shape index (κ1) is 29.3. The molecular weight excluding hydrogens is 511 g/mol. The summed E-state index contributed by atoms with van der Waals surface area (Å²) in [7, 11) is 0. The molecule has 2 aliphatic rings. The van der Waals surface area contributed by atoms with E-state index >= 15 is 0 Å². The number of hydrogen-bond acceptors (Lipinski definition) is 5. The highest BCUT2D eigenvalue weighted by atomic mass is 19.1. The number of nitrogens with zero attached hydrogens (tertiary/aromatic N) is 1. The second kappa shape index (κ2) is 13.6. The molecule has 1 atom stereocenters. The summed E-state index contributed by atoms with van der Waals surface area (Å²) in [5.74, 6) is -0.0807. The summed E-state index contributed by atoms with van der Waals surface area (Å²) < 4.78 is 19.5. The monoisotopic (exact) mass is 550 g/mol. The molecule has 4 rings (SSSR count). The van der Waals surface area contributed by atoms with Crippen molar-refractivity contribution in [1.29, 1.82) is 0 Å². The van der Waals surface area contributed by atoms with Crippen molar-refractivity contribution in [2.24, 2.45) is 11.3 Å². The second-order valence-electron chi connectivity index (χ2n) is 11.0. The van der Waals surface area contributed by atoms with Gasteiger partial charge in [0.25, 0.3) is 5.91 Å². The van der Waals surface area contributed by atoms with Gasteiger partial charge in [0.2, 0.25) is 11.8 Å². The van der Waals surface area contributed by atoms with E-state index in [2.05, 4.69) is 20.9 Å². The fraction of sp³-hybridized carbons (Fsp3) is 0.452. The number of piperidine rings is 1. The zero-order valence-corrected chi connectivity index (χ0v) is 23.3. The van der Waals surface area contributed by atoms with Crippen molar-refractivity contribution in [3.63, 3.8) is 0 Å². The molecule has 0 saturated carbocycles. The topological polar surface area (TPSA) is 99.8 Å². The van der Waals surface area contributed by atoms with Crippen LogP contribution in [0.5, 0.6) is 5.75 Å². The molecule has 3 N–H and O–H groups in total. The van der Waals surface area contributed by atoms with E-state index in [1.165, 1.54) is 12.1 Å². The van der Waals surface area contributed by atoms with E-state index in [9.17, 15) is 18.8 Å². The van der Waals surface area contributed by atoms with Crippen LogP contribution in [0, 0.1) is 17.2 Å². The number of benzene rings is 2. The van der Waals surface area contributed by atoms with E-state index in [-0.39, 0.29) is 55.2 Å². The number of amides is 3. The summed E-state index contributed by atoms with van der Waals surface area (Å²) in [5.41, 5.74) is 0.549. The lowest BCUT2D eigenvalue weighted by molar-refractivity contribution is -0.135. The molecule has 1 fully saturated rings. The predicted octanol–water partition coefficient (Wildman–Crippen LogP) is 3.43. The van der Waals surface area contributed by atoms with Gasteiger partial charge in [-0.3, -0.25) is 19.3 Å². The number of ether oxygens (including phenoxy) is 1. The third-order valence-corrected chi connectivity index (χ3v) is 7.77. The van der Waals surface area contributed by atoms with Gasteiger partial charge in [0.1, 0.15) is 18.2 Å². The number of carbonyl (C=O) groups is 3. The molecule has 3 amide bonds. The van der Waals surface area contributed by atoms with E-state index in [1.807, 2.05) is 32.1 Å². The average Bonchev–Trinajstić information content (AvgIpc) is 2.94. The Hall–Kier alpha value is -3.72. The highest BCUT2D eigenvalue weighted by molar-refractivity contribution is 5.97. The summed E-state index contributed by atoms with van der Waals surface area (Å²) in [5, 5.41) is 9.00. The van der Waals surface area contributed by atoms with E-state index in [4.69, 9.17) is 4.74 Å². The van der Waals surface area contributed by atoms with Gasteiger partial charge in [-0.15, -0.1) is 0 Å². The molecule has 9 heteroatoms. The van der Waals surface area contributed by atoms with Crippen molar-refractivity contribution in [2.45, 2.75) is 45.7 Å². The standard InChI is InChI=1S/C31H39FN4O4/c1-22(2)26-21-40-27-11-4-3-10-25(27)29(38)33-15-6-5-12-31(30(39)35-26)13-16-36(17-14-31)20-28(37)34-19-23-8-7-9-24(32)18-23/h3-11,18,22,26H,12-17,19-21H2,1-2H3,(H,33,38)(H,34,37)(H,35,39)/b6-5+/t26-/m0/s1. The van der Waals surface area contributed by atoms with E-state index in [1.54, 1.807) is 30.3 Å². The van der Waals surface area contributed by atoms with Crippen molar-refractivity contribution in [2.75, 3.05) is 32.8 Å². The number of para-hydroxylation sites is 1. The molecule has 0 radical (unpaired) electrons. The van der Waals surface area contributed by atoms with Gasteiger partial charge in [-0.25, -0.2) is 4.39 Å². The number of rotatable bonds is 5. The molecule has 0 aromatic heterocycles. The Bertz CT molecular complexity index is 1220. The number of hydrogen-bond donors (Lipinski definition) is 3. The molecule has 0 unspecified atom stereocenters. The fourth-order valence-corrected chi connectivity index (χ4v) is 5.09. The van der Waals surface area contributed by atoms with Crippen LogP contribution in [-0.2, 0) is 16.1 Å². The van der Waals surface area contributed by atoms with Crippen LogP contribution in [0.15, 0.2) is 60.7 Å². The van der Waals surface area contributed by atoms with Crippen molar-refractivity contribution in [1.82, 2.24) is 20.9 Å². The molecule has 0 bridgehead atoms. The Morgan fingerprint density at radius 2 is 1.90 bits per heavy atom. The molecular formula is C31H39FN4O4. The van der Waals surface area contributed by atoms with Crippen molar-refractivity contribution in [3.05, 3.63) is 77.6 Å². The largest absolute Gasteiger partial charge is 0.491 e. The van der Waals surface area contributed by atoms with Crippen LogP contribution in [0.1, 0.15) is 49.0 Å². The number of halogens is 1. The van der Waals surface area contributed by atoms with Crippen LogP contribution in [0.25, 0.3) is 0 Å². The van der Waals surface area contributed by atoms with Crippen LogP contribution in [-0.4, -0.2) is 61.4 Å². The van der Waals surface area contributed by atoms with Gasteiger partial charge in [0.15, 0.2) is 0 Å². The normalized spacial score (nSPS) is 20.9. The quantitative estimate of drug-likeness (QED) is 0.496. The predicted molar refractivity (Wildman–Crippen MR) is 151 cm³/mol. The summed E-state index contributed by atoms with van der Waals surface area (Å²) in [6.45, 7) is 6.34. The minimum absolute atomic E-state index is 0.0102. The molecule has 2 aromatic carbocycles. The van der Waals surface area contributed by atoms with Crippen molar-refractivity contribution < 1.29 is 23.5 Å². The van der Waals surface area contributed by atoms with Gasteiger partial charge >= 0.3 is 0 Å². The first-order valence-electron chi connectivity index (χ1n) is 14.0. The van der Waals surface area contributed by atoms with E-state index < -0.39 is 5.41 Å². The molecule has 8 nitrogen and oxygen atoms in total. The number of carbonyl (C=O) groups excluding carboxylic acids is 3. The van der Waals surface area contributed by atoms with Gasteiger partial charge in [0.05, 0.1) is 23.6 Å². The maximum atomic E-state index is 13.8. The number of allylic oxidation sites excluding steroid dienone is 1. The Labute approximate surface area is 235 Å². The lowest BCUT2D eigenvalue weighted by Gasteiger charge is -2.41. The Morgan fingerprint density at radius 3 is 2.65 bits per heavy atom. The third-order valence-electron chi connectivity index (χ3n) is 7.77. The van der Waals surface area contributed by atoms with Crippen LogP contribution in [0.4, 0.5) is 4.39 Å². The van der Waals surface area contributed by atoms with E-state index in [0.717, 1.165) is 0 Å². The van der Waals surface area contributed by atoms with Gasteiger partial charge in [-0.05, 0) is 68.1 Å². The molecule has 2 aliphatic heterocycles. The lowest BCUT2D eigenvalue weighted by Crippen LogP contribution is -2.54. The molecule has 214 valence electrons. The molecule has 1 saturated heterocycles. The first-order chi connectivity index (χ1) is 19.3. The molecule has 2 aromatic rings. The van der Waals surface area contributed by atoms with Crippen molar-refractivity contribution >= 4 is 17.7 Å². The zero-order chi connectivity index (χ0) is 28.5. The SMILES string of the molecule is CC(C)[C@@H]1COc2ccccc2C(=O)NC/C=C/CC2(CCN(CC(=O)NCc3cccc(F)c3)CC2)C(=O)N1. The van der Waals surface area contributed by atoms with Gasteiger partial charge in [0, 0.05) is 13.1 Å². The molecule has 0 aliphatic carbocycles. The molecule has 1 spiro atoms. The minimum atomic E-state index is -0.621. The fourth-order valence-electron chi connectivity index (χ4n) is 5.09. The summed E-state index contributed by atoms with van der Waals surface area (Å²) in [6.07, 6.45) is 5.59. The Morgan fingerprint density at radius 1 is 1.12 bits per heavy atom. The van der Waals surface area contributed by atoms with Gasteiger partial charge in [-0.2, -0.15) is 0 Å². The van der Waals surface area contributed by atoms with Gasteiger partial charge in [-0.1, -0.05) is 50.3 Å². The lowest BCUT2D eigenvalue weighted by atomic mass is 9.74. The zero-order valence-electron chi connectivity index (χ0n) is 23.3. The average molecular weight is 551 g/mol. The minimum Gasteiger partial charge on any atom is -0.491 e. The summed E-state index contributed by atoms with van der Waals surface area (Å²) >= 11 is 0. The first-order valence-corrected chi connectivity index (χ1v) is 14.0. The van der Waals surface area contributed by atoms with Crippen molar-refractivity contribution in [3.8, 4) is 5.75 Å². The summed E-state index contributed by atoms with van der Waals surface area (Å²) in [6, 6.07) is 13.0. The maximum absolute atomic E-state index is 13.8. The highest BCUT2D eigenvalue weighted by Crippen LogP contribution is 2.36. The maximum Gasteiger partial charge on any atom is 0.255 e. The van der Waals surface area contributed by atoms with Crippen LogP contribution < -0.4 is 20.7 Å². The van der Waals surface area contributed by atoms with Crippen LogP contribution in [0.2, 0.25) is 0 Å². The third kappa shape index (κ3) is 7.69. The van der Waals surface area contributed by atoms with Gasteiger partial charge < -0.3 is 20.7 Å². The highest BCUT2D eigenvalue weighted by Gasteiger charge is 2.41. The summed E-state index contributed by atoms with van der Waals surface area (Å²) in [4.78, 5) is 41.2.